The second kappa shape index (κ2) is 12.4. The van der Waals surface area contributed by atoms with Gasteiger partial charge in [0.2, 0.25) is 0 Å². The Hall–Kier alpha value is -3.81. The summed E-state index contributed by atoms with van der Waals surface area (Å²) in [5.74, 6) is 0.308. The minimum absolute atomic E-state index is 0.113. The van der Waals surface area contributed by atoms with Crippen LogP contribution in [0.2, 0.25) is 5.21 Å². The maximum absolute atomic E-state index is 13.7. The molecule has 0 unspecified atom stereocenters. The number of nitrogens with zero attached hydrogens (tertiary/aromatic N) is 1. The van der Waals surface area contributed by atoms with Gasteiger partial charge in [-0.1, -0.05) is 0 Å². The van der Waals surface area contributed by atoms with Gasteiger partial charge in [0.15, 0.2) is 0 Å². The molecule has 1 radical (unpaired) electrons. The number of para-hydroxylation sites is 1. The first-order chi connectivity index (χ1) is 18.8. The number of carbonyl (C=O) groups excluding carboxylic acids is 2. The normalized spacial score (nSPS) is 13.8. The molecule has 0 saturated carbocycles. The van der Waals surface area contributed by atoms with E-state index in [0.29, 0.717) is 45.1 Å². The average Bonchev–Trinajstić information content (AvgIpc) is 3.41. The van der Waals surface area contributed by atoms with Crippen molar-refractivity contribution in [1.82, 2.24) is 9.88 Å². The van der Waals surface area contributed by atoms with Gasteiger partial charge in [0.05, 0.1) is 0 Å². The molecule has 0 aliphatic carbocycles. The summed E-state index contributed by atoms with van der Waals surface area (Å²) in [4.78, 5) is 43.5. The Morgan fingerprint density at radius 1 is 1.13 bits per heavy atom. The van der Waals surface area contributed by atoms with Crippen LogP contribution in [0.1, 0.15) is 41.2 Å². The van der Waals surface area contributed by atoms with E-state index in [2.05, 4.69) is 34.4 Å². The second-order valence-electron chi connectivity index (χ2n) is 9.03. The van der Waals surface area contributed by atoms with E-state index in [-0.39, 0.29) is 10.5 Å². The molecule has 1 aromatic heterocycles. The number of anilines is 2. The van der Waals surface area contributed by atoms with Crippen LogP contribution in [-0.4, -0.2) is 74.1 Å². The Morgan fingerprint density at radius 2 is 1.87 bits per heavy atom. The topological polar surface area (TPSA) is 124 Å². The molecule has 39 heavy (non-hydrogen) atoms. The first-order valence-corrected chi connectivity index (χ1v) is 15.0. The molecule has 0 saturated heterocycles. The molecule has 0 bridgehead atoms. The molecule has 10 heteroatoms. The zero-order valence-electron chi connectivity index (χ0n) is 22.4. The number of nitrogens with one attached hydrogen (secondary N) is 3. The van der Waals surface area contributed by atoms with Crippen LogP contribution in [0.3, 0.4) is 0 Å². The number of methoxy groups -OCH3 is 1. The molecule has 2 aromatic carbocycles. The molecule has 0 fully saturated rings. The molecule has 1 aliphatic rings. The van der Waals surface area contributed by atoms with E-state index < -0.39 is 21.8 Å². The number of carbonyl (C=O) groups is 3. The average molecular weight is 592 g/mol. The van der Waals surface area contributed by atoms with Crippen LogP contribution >= 0.6 is 0 Å². The van der Waals surface area contributed by atoms with Crippen LogP contribution in [0.5, 0.6) is 5.75 Å². The molecule has 2 amide bonds. The molecule has 2 heterocycles. The van der Waals surface area contributed by atoms with Crippen LogP contribution in [0, 0.1) is 6.92 Å². The number of rotatable bonds is 11. The summed E-state index contributed by atoms with van der Waals surface area (Å²) < 4.78 is 5.77. The number of fused-ring (bicyclic) bond motifs is 1. The minimum atomic E-state index is -1.19. The SMILES string of the molecule is CCN(CC)CC[As]C(=O)c1c(C)[nH]c(/C=C2\C(=O)Nc3ccc(NC(=O)O)cc32)c1-c1ccccc1OC. The monoisotopic (exact) mass is 591 g/mol. The Morgan fingerprint density at radius 3 is 2.56 bits per heavy atom. The fourth-order valence-electron chi connectivity index (χ4n) is 4.74. The third-order valence-corrected chi connectivity index (χ3v) is 8.68. The van der Waals surface area contributed by atoms with Crippen molar-refractivity contribution in [2.24, 2.45) is 0 Å². The number of hydrogen-bond acceptors (Lipinski definition) is 5. The number of aryl methyl sites for hydroxylation is 1. The second-order valence-corrected chi connectivity index (χ2v) is 11.5. The number of benzene rings is 2. The van der Waals surface area contributed by atoms with Gasteiger partial charge in [0.25, 0.3) is 0 Å². The predicted octanol–water partition coefficient (Wildman–Crippen LogP) is 5.19. The van der Waals surface area contributed by atoms with Crippen LogP contribution in [0.25, 0.3) is 22.8 Å². The Kier molecular flexibility index (Phi) is 8.94. The molecule has 0 atom stereocenters. The summed E-state index contributed by atoms with van der Waals surface area (Å²) in [5, 5.41) is 15.1. The van der Waals surface area contributed by atoms with Crippen molar-refractivity contribution in [1.29, 1.82) is 0 Å². The van der Waals surface area contributed by atoms with Gasteiger partial charge in [-0.05, 0) is 0 Å². The standard InChI is InChI=1S/C29H32AsN4O5/c1-5-34(6-2)14-13-30-27(35)25-17(3)31-23(26(25)19-9-7-8-10-24(19)39-4)16-21-20-15-18(32-29(37)38)11-12-22(20)33-28(21)36/h7-12,15-16,31-32H,5-6,13-14H2,1-4H3,(H,33,36)(H,37,38)/b21-16-. The first kappa shape index (κ1) is 28.2. The van der Waals surface area contributed by atoms with Gasteiger partial charge in [0.1, 0.15) is 0 Å². The zero-order valence-corrected chi connectivity index (χ0v) is 24.3. The summed E-state index contributed by atoms with van der Waals surface area (Å²) in [6, 6.07) is 12.4. The number of aromatic nitrogens is 1. The van der Waals surface area contributed by atoms with Crippen molar-refractivity contribution >= 4 is 55.3 Å². The van der Waals surface area contributed by atoms with Crippen LogP contribution < -0.4 is 15.4 Å². The number of aromatic amines is 1. The van der Waals surface area contributed by atoms with Crippen molar-refractivity contribution < 1.29 is 24.2 Å². The number of hydrogen-bond donors (Lipinski definition) is 4. The quantitative estimate of drug-likeness (QED) is 0.180. The van der Waals surface area contributed by atoms with Gasteiger partial charge in [-0.15, -0.1) is 0 Å². The number of H-pyrrole nitrogens is 1. The molecular weight excluding hydrogens is 559 g/mol. The van der Waals surface area contributed by atoms with E-state index in [0.717, 1.165) is 36.1 Å². The van der Waals surface area contributed by atoms with E-state index in [9.17, 15) is 14.4 Å². The van der Waals surface area contributed by atoms with Crippen molar-refractivity contribution in [3.8, 4) is 16.9 Å². The van der Waals surface area contributed by atoms with Crippen molar-refractivity contribution in [3.05, 3.63) is 65.0 Å². The summed E-state index contributed by atoms with van der Waals surface area (Å²) in [6.45, 7) is 8.90. The maximum atomic E-state index is 13.7. The van der Waals surface area contributed by atoms with Gasteiger partial charge >= 0.3 is 235 Å². The molecule has 3 aromatic rings. The first-order valence-electron chi connectivity index (χ1n) is 12.7. The molecule has 1 aliphatic heterocycles. The number of ether oxygens (including phenoxy) is 1. The van der Waals surface area contributed by atoms with Gasteiger partial charge < -0.3 is 0 Å². The van der Waals surface area contributed by atoms with E-state index in [1.165, 1.54) is 0 Å². The van der Waals surface area contributed by atoms with Crippen LogP contribution in [0.4, 0.5) is 16.2 Å². The molecule has 0 spiro atoms. The van der Waals surface area contributed by atoms with Crippen LogP contribution in [0.15, 0.2) is 42.5 Å². The third-order valence-electron chi connectivity index (χ3n) is 6.72. The fraction of sp³-hybridized carbons (Fsp3) is 0.276. The Bertz CT molecular complexity index is 1440. The van der Waals surface area contributed by atoms with Gasteiger partial charge in [-0.2, -0.15) is 0 Å². The molecule has 4 rings (SSSR count). The Balaban J connectivity index is 1.81. The van der Waals surface area contributed by atoms with Gasteiger partial charge in [-0.25, -0.2) is 0 Å². The summed E-state index contributed by atoms with van der Waals surface area (Å²) >= 11 is -0.603. The Labute approximate surface area is 234 Å². The van der Waals surface area contributed by atoms with Gasteiger partial charge in [0, 0.05) is 0 Å². The molecule has 203 valence electrons. The van der Waals surface area contributed by atoms with Gasteiger partial charge in [-0.3, -0.25) is 0 Å². The molecule has 4 N–H and O–H groups in total. The zero-order chi connectivity index (χ0) is 28.1. The summed E-state index contributed by atoms with van der Waals surface area (Å²) in [6.07, 6.45) is 0.534. The molecular formula is C29H32AsN4O5. The number of carboxylic acid groups (broad SMARTS) is 1. The van der Waals surface area contributed by atoms with Crippen molar-refractivity contribution in [2.75, 3.05) is 37.4 Å². The van der Waals surface area contributed by atoms with Crippen LogP contribution in [-0.2, 0) is 4.79 Å². The third kappa shape index (κ3) is 6.10. The van der Waals surface area contributed by atoms with Crippen molar-refractivity contribution in [2.45, 2.75) is 26.0 Å². The van der Waals surface area contributed by atoms with E-state index >= 15 is 0 Å². The van der Waals surface area contributed by atoms with Crippen molar-refractivity contribution in [3.63, 3.8) is 0 Å². The summed E-state index contributed by atoms with van der Waals surface area (Å²) in [7, 11) is 1.59. The van der Waals surface area contributed by atoms with E-state index in [1.807, 2.05) is 31.2 Å². The number of amides is 2. The van der Waals surface area contributed by atoms with E-state index in [4.69, 9.17) is 9.84 Å². The van der Waals surface area contributed by atoms with E-state index in [1.54, 1.807) is 31.4 Å². The predicted molar refractivity (Wildman–Crippen MR) is 155 cm³/mol. The molecule has 9 nitrogen and oxygen atoms in total. The fourth-order valence-corrected chi connectivity index (χ4v) is 6.89. The summed E-state index contributed by atoms with van der Waals surface area (Å²) in [5.41, 5.74) is 5.28.